The van der Waals surface area contributed by atoms with E-state index in [-0.39, 0.29) is 5.82 Å². The molecule has 4 atom stereocenters. The zero-order chi connectivity index (χ0) is 12.6. The van der Waals surface area contributed by atoms with E-state index < -0.39 is 30.2 Å². The minimum Gasteiger partial charge on any atom is -0.387 e. The number of anilines is 1. The normalized spacial score (nSPS) is 32.9. The number of aliphatic hydroxyl groups is 2. The minimum atomic E-state index is -1.15. The van der Waals surface area contributed by atoms with Crippen molar-refractivity contribution in [2.24, 2.45) is 0 Å². The van der Waals surface area contributed by atoms with Crippen LogP contribution in [-0.2, 0) is 4.74 Å². The first kappa shape index (κ1) is 12.7. The number of nitrogens with zero attached hydrogens (tertiary/aromatic N) is 2. The van der Waals surface area contributed by atoms with E-state index in [1.807, 2.05) is 22.6 Å². The van der Waals surface area contributed by atoms with Gasteiger partial charge < -0.3 is 20.7 Å². The van der Waals surface area contributed by atoms with Crippen LogP contribution in [0.25, 0.3) is 0 Å². The summed E-state index contributed by atoms with van der Waals surface area (Å²) in [6.07, 6.45) is -2.20. The lowest BCUT2D eigenvalue weighted by molar-refractivity contribution is -0.0333. The molecular formula is C9H12IN3O4. The summed E-state index contributed by atoms with van der Waals surface area (Å²) in [4.78, 5) is 15.1. The van der Waals surface area contributed by atoms with Gasteiger partial charge in [-0.15, -0.1) is 0 Å². The molecule has 0 unspecified atom stereocenters. The van der Waals surface area contributed by atoms with Crippen LogP contribution in [0.1, 0.15) is 6.23 Å². The minimum absolute atomic E-state index is 0.102. The molecule has 17 heavy (non-hydrogen) atoms. The predicted molar refractivity (Wildman–Crippen MR) is 67.7 cm³/mol. The molecule has 8 heteroatoms. The van der Waals surface area contributed by atoms with E-state index in [1.54, 1.807) is 0 Å². The van der Waals surface area contributed by atoms with Gasteiger partial charge >= 0.3 is 5.69 Å². The smallest absolute Gasteiger partial charge is 0.351 e. The number of hydrogen-bond donors (Lipinski definition) is 3. The van der Waals surface area contributed by atoms with Gasteiger partial charge in [0.15, 0.2) is 6.23 Å². The molecular weight excluding hydrogens is 341 g/mol. The van der Waals surface area contributed by atoms with E-state index in [2.05, 4.69) is 4.98 Å². The van der Waals surface area contributed by atoms with Crippen LogP contribution >= 0.6 is 22.6 Å². The van der Waals surface area contributed by atoms with Crippen LogP contribution in [0.3, 0.4) is 0 Å². The fourth-order valence-electron chi connectivity index (χ4n) is 1.71. The van der Waals surface area contributed by atoms with Crippen LogP contribution in [0.2, 0.25) is 0 Å². The summed E-state index contributed by atoms with van der Waals surface area (Å²) < 4.78 is 7.06. The molecule has 0 saturated carbocycles. The van der Waals surface area contributed by atoms with Gasteiger partial charge in [-0.25, -0.2) is 4.79 Å². The number of nitrogens with two attached hydrogens (primary N) is 1. The molecule has 0 aromatic carbocycles. The average Bonchev–Trinajstić information content (AvgIpc) is 2.57. The van der Waals surface area contributed by atoms with Crippen molar-refractivity contribution >= 4 is 28.4 Å². The maximum absolute atomic E-state index is 11.6. The summed E-state index contributed by atoms with van der Waals surface area (Å²) in [5.41, 5.74) is 4.75. The van der Waals surface area contributed by atoms with Crippen molar-refractivity contribution in [3.63, 3.8) is 0 Å². The molecule has 1 aromatic heterocycles. The maximum Gasteiger partial charge on any atom is 0.351 e. The largest absolute Gasteiger partial charge is 0.387 e. The van der Waals surface area contributed by atoms with E-state index in [4.69, 9.17) is 10.5 Å². The number of alkyl halides is 1. The van der Waals surface area contributed by atoms with Crippen molar-refractivity contribution < 1.29 is 14.9 Å². The summed E-state index contributed by atoms with van der Waals surface area (Å²) in [5, 5.41) is 19.5. The molecule has 1 aromatic rings. The monoisotopic (exact) mass is 353 g/mol. The quantitative estimate of drug-likeness (QED) is 0.459. The van der Waals surface area contributed by atoms with Gasteiger partial charge in [0, 0.05) is 10.6 Å². The number of halogens is 1. The third-order valence-corrected chi connectivity index (χ3v) is 3.48. The second-order valence-electron chi connectivity index (χ2n) is 3.74. The number of rotatable bonds is 2. The van der Waals surface area contributed by atoms with Crippen molar-refractivity contribution in [3.8, 4) is 0 Å². The Hall–Kier alpha value is -0.710. The lowest BCUT2D eigenvalue weighted by Gasteiger charge is -2.16. The van der Waals surface area contributed by atoms with E-state index in [9.17, 15) is 15.0 Å². The fraction of sp³-hybridized carbons (Fsp3) is 0.556. The van der Waals surface area contributed by atoms with Gasteiger partial charge in [-0.1, -0.05) is 22.6 Å². The van der Waals surface area contributed by atoms with E-state index >= 15 is 0 Å². The van der Waals surface area contributed by atoms with Crippen molar-refractivity contribution in [2.45, 2.75) is 24.5 Å². The third kappa shape index (κ3) is 2.30. The summed E-state index contributed by atoms with van der Waals surface area (Å²) in [5.74, 6) is 0.102. The number of ether oxygens (including phenoxy) is 1. The Balaban J connectivity index is 2.32. The number of aromatic nitrogens is 2. The summed E-state index contributed by atoms with van der Waals surface area (Å²) in [6.45, 7) is 0. The van der Waals surface area contributed by atoms with Gasteiger partial charge in [0.1, 0.15) is 18.0 Å². The van der Waals surface area contributed by atoms with Gasteiger partial charge in [0.2, 0.25) is 0 Å². The van der Waals surface area contributed by atoms with Gasteiger partial charge in [-0.05, 0) is 6.07 Å². The first-order chi connectivity index (χ1) is 8.04. The second kappa shape index (κ2) is 4.88. The van der Waals surface area contributed by atoms with Gasteiger partial charge in [-0.3, -0.25) is 4.57 Å². The number of nitrogen functional groups attached to an aromatic ring is 1. The Bertz CT molecular complexity index is 466. The Kier molecular flexibility index (Phi) is 3.66. The van der Waals surface area contributed by atoms with E-state index in [0.29, 0.717) is 4.43 Å². The third-order valence-electron chi connectivity index (χ3n) is 2.61. The molecule has 0 aliphatic carbocycles. The zero-order valence-corrected chi connectivity index (χ0v) is 10.9. The number of hydrogen-bond acceptors (Lipinski definition) is 6. The Morgan fingerprint density at radius 1 is 1.53 bits per heavy atom. The lowest BCUT2D eigenvalue weighted by atomic mass is 10.1. The number of aliphatic hydroxyl groups excluding tert-OH is 2. The molecule has 0 bridgehead atoms. The molecule has 0 amide bonds. The van der Waals surface area contributed by atoms with Crippen LogP contribution in [0, 0.1) is 0 Å². The SMILES string of the molecule is Nc1ccn([C@@H]2O[C@H](CI)[C@@H](O)[C@H]2O)c(=O)n1. The molecule has 0 radical (unpaired) electrons. The Labute approximate surface area is 110 Å². The highest BCUT2D eigenvalue weighted by Gasteiger charge is 2.43. The molecule has 1 aliphatic heterocycles. The predicted octanol–water partition coefficient (Wildman–Crippen LogP) is -1.12. The highest BCUT2D eigenvalue weighted by molar-refractivity contribution is 14.1. The molecule has 1 aliphatic rings. The van der Waals surface area contributed by atoms with Crippen LogP contribution in [0.5, 0.6) is 0 Å². The topological polar surface area (TPSA) is 111 Å². The van der Waals surface area contributed by atoms with Crippen LogP contribution in [0.15, 0.2) is 17.1 Å². The first-order valence-electron chi connectivity index (χ1n) is 4.97. The molecule has 0 spiro atoms. The van der Waals surface area contributed by atoms with Gasteiger partial charge in [-0.2, -0.15) is 4.98 Å². The van der Waals surface area contributed by atoms with Crippen LogP contribution in [0.4, 0.5) is 5.82 Å². The molecule has 7 nitrogen and oxygen atoms in total. The summed E-state index contributed by atoms with van der Waals surface area (Å²) in [6, 6.07) is 1.43. The van der Waals surface area contributed by atoms with Crippen molar-refractivity contribution in [1.29, 1.82) is 0 Å². The maximum atomic E-state index is 11.6. The highest BCUT2D eigenvalue weighted by atomic mass is 127. The van der Waals surface area contributed by atoms with Crippen molar-refractivity contribution in [1.82, 2.24) is 9.55 Å². The summed E-state index contributed by atoms with van der Waals surface area (Å²) >= 11 is 2.04. The van der Waals surface area contributed by atoms with Crippen molar-refractivity contribution in [2.75, 3.05) is 10.2 Å². The van der Waals surface area contributed by atoms with Gasteiger partial charge in [0.05, 0.1) is 6.10 Å². The Morgan fingerprint density at radius 3 is 2.76 bits per heavy atom. The first-order valence-corrected chi connectivity index (χ1v) is 6.49. The standard InChI is InChI=1S/C9H12IN3O4/c10-3-4-6(14)7(15)8(17-4)13-2-1-5(11)12-9(13)16/h1-2,4,6-8,14-15H,3H2,(H2,11,12,16)/t4-,6-,7-,8-/m1/s1. The molecule has 94 valence electrons. The Morgan fingerprint density at radius 2 is 2.24 bits per heavy atom. The van der Waals surface area contributed by atoms with E-state index in [0.717, 1.165) is 4.57 Å². The molecule has 2 rings (SSSR count). The molecule has 1 fully saturated rings. The van der Waals surface area contributed by atoms with Crippen LogP contribution in [-0.4, -0.2) is 42.5 Å². The van der Waals surface area contributed by atoms with Gasteiger partial charge in [0.25, 0.3) is 0 Å². The summed E-state index contributed by atoms with van der Waals surface area (Å²) in [7, 11) is 0. The highest BCUT2D eigenvalue weighted by Crippen LogP contribution is 2.29. The van der Waals surface area contributed by atoms with Crippen LogP contribution < -0.4 is 11.4 Å². The molecule has 1 saturated heterocycles. The average molecular weight is 353 g/mol. The van der Waals surface area contributed by atoms with Crippen molar-refractivity contribution in [3.05, 3.63) is 22.7 Å². The van der Waals surface area contributed by atoms with E-state index in [1.165, 1.54) is 12.3 Å². The fourth-order valence-corrected chi connectivity index (χ4v) is 2.43. The molecule has 4 N–H and O–H groups in total. The zero-order valence-electron chi connectivity index (χ0n) is 8.73. The second-order valence-corrected chi connectivity index (χ2v) is 4.62. The molecule has 2 heterocycles. The lowest BCUT2D eigenvalue weighted by Crippen LogP contribution is -2.35.